The normalized spacial score (nSPS) is 12.2. The molecule has 0 radical (unpaired) electrons. The molecule has 7 heteroatoms. The minimum absolute atomic E-state index is 0.165. The summed E-state index contributed by atoms with van der Waals surface area (Å²) < 4.78 is 5.19. The van der Waals surface area contributed by atoms with Crippen molar-refractivity contribution in [2.75, 3.05) is 11.9 Å². The lowest BCUT2D eigenvalue weighted by Gasteiger charge is -2.10. The molecule has 0 bridgehead atoms. The number of halogens is 1. The van der Waals surface area contributed by atoms with Gasteiger partial charge in [-0.3, -0.25) is 9.59 Å². The van der Waals surface area contributed by atoms with Gasteiger partial charge in [0, 0.05) is 21.9 Å². The second-order valence-corrected chi connectivity index (χ2v) is 8.02. The number of rotatable bonds is 5. The van der Waals surface area contributed by atoms with Gasteiger partial charge in [-0.2, -0.15) is 0 Å². The highest BCUT2D eigenvalue weighted by molar-refractivity contribution is 14.1. The number of nitrogens with one attached hydrogen (secondary N) is 2. The van der Waals surface area contributed by atoms with Crippen molar-refractivity contribution in [1.82, 2.24) is 5.32 Å². The van der Waals surface area contributed by atoms with Gasteiger partial charge in [0.05, 0.1) is 11.3 Å². The van der Waals surface area contributed by atoms with Gasteiger partial charge < -0.3 is 13.7 Å². The molecule has 0 spiro atoms. The Morgan fingerprint density at radius 3 is 2.76 bits per heavy atom. The van der Waals surface area contributed by atoms with Gasteiger partial charge in [0.25, 0.3) is 11.8 Å². The number of hydrogen-bond acceptors (Lipinski definition) is 4. The number of carbonyl (C=O) groups is 2. The highest BCUT2D eigenvalue weighted by atomic mass is 127. The fourth-order valence-corrected chi connectivity index (χ4v) is 4.36. The van der Waals surface area contributed by atoms with E-state index < -0.39 is 0 Å². The molecule has 0 aliphatic carbocycles. The summed E-state index contributed by atoms with van der Waals surface area (Å²) in [5.74, 6) is 0.450. The van der Waals surface area contributed by atoms with Crippen molar-refractivity contribution in [2.45, 2.75) is 16.2 Å². The summed E-state index contributed by atoms with van der Waals surface area (Å²) in [5.41, 5.74) is 2.89. The Bertz CT molecular complexity index is 1090. The van der Waals surface area contributed by atoms with Crippen LogP contribution >= 0.6 is 34.8 Å². The average Bonchev–Trinajstić information content (AvgIpc) is 2.89. The predicted octanol–water partition coefficient (Wildman–Crippen LogP) is 5.10. The third-order valence-electron chi connectivity index (χ3n) is 4.53. The number of fused-ring (bicyclic) bond motifs is 2. The zero-order valence-electron chi connectivity index (χ0n) is 15.3. The molecule has 1 aliphatic rings. The van der Waals surface area contributed by atoms with Gasteiger partial charge in [-0.25, -0.2) is 0 Å². The predicted molar refractivity (Wildman–Crippen MR) is 122 cm³/mol. The molecule has 0 atom stereocenters. The van der Waals surface area contributed by atoms with E-state index >= 15 is 0 Å². The Labute approximate surface area is 186 Å². The Morgan fingerprint density at radius 2 is 1.90 bits per heavy atom. The first kappa shape index (κ1) is 19.8. The monoisotopic (exact) mass is 516 g/mol. The van der Waals surface area contributed by atoms with E-state index in [0.717, 1.165) is 21.1 Å². The fraction of sp³-hybridized carbons (Fsp3) is 0.0909. The van der Waals surface area contributed by atoms with Gasteiger partial charge in [0.1, 0.15) is 5.75 Å². The number of amides is 2. The molecule has 3 aromatic rings. The standard InChI is InChI=1S/C22H17IN2O3S/c23-28-16-5-3-4-14(12-16)10-11-24-21(26)15-8-9-20-18(13-15)25-22(27)17-6-1-2-7-19(17)29-20/h1-9,12-13H,10-11H2,(H,24,26)(H,25,27). The van der Waals surface area contributed by atoms with Crippen molar-refractivity contribution in [3.05, 3.63) is 83.4 Å². The van der Waals surface area contributed by atoms with Crippen LogP contribution in [0.15, 0.2) is 76.5 Å². The van der Waals surface area contributed by atoms with Crippen LogP contribution in [-0.2, 0) is 6.42 Å². The average molecular weight is 516 g/mol. The van der Waals surface area contributed by atoms with Crippen LogP contribution in [0.2, 0.25) is 0 Å². The van der Waals surface area contributed by atoms with E-state index in [2.05, 4.69) is 10.6 Å². The molecule has 0 fully saturated rings. The molecular weight excluding hydrogens is 499 g/mol. The van der Waals surface area contributed by atoms with E-state index in [9.17, 15) is 9.59 Å². The van der Waals surface area contributed by atoms with Crippen molar-refractivity contribution in [3.8, 4) is 5.75 Å². The molecular formula is C22H17IN2O3S. The third kappa shape index (κ3) is 4.56. The highest BCUT2D eigenvalue weighted by Crippen LogP contribution is 2.38. The largest absolute Gasteiger partial charge is 0.428 e. The van der Waals surface area contributed by atoms with Crippen LogP contribution in [0.4, 0.5) is 5.69 Å². The van der Waals surface area contributed by atoms with Crippen LogP contribution < -0.4 is 13.7 Å². The Hall–Kier alpha value is -2.52. The van der Waals surface area contributed by atoms with E-state index in [1.807, 2.05) is 71.5 Å². The second kappa shape index (κ2) is 8.87. The molecule has 2 N–H and O–H groups in total. The van der Waals surface area contributed by atoms with Gasteiger partial charge in [-0.1, -0.05) is 36.0 Å². The van der Waals surface area contributed by atoms with E-state index in [-0.39, 0.29) is 11.8 Å². The van der Waals surface area contributed by atoms with Crippen molar-refractivity contribution < 1.29 is 12.7 Å². The van der Waals surface area contributed by atoms with Crippen LogP contribution in [0.1, 0.15) is 26.3 Å². The van der Waals surface area contributed by atoms with Crippen molar-refractivity contribution in [1.29, 1.82) is 0 Å². The smallest absolute Gasteiger partial charge is 0.256 e. The fourth-order valence-electron chi connectivity index (χ4n) is 3.08. The van der Waals surface area contributed by atoms with Crippen LogP contribution in [0.3, 0.4) is 0 Å². The van der Waals surface area contributed by atoms with Gasteiger partial charge in [0.15, 0.2) is 23.0 Å². The van der Waals surface area contributed by atoms with Gasteiger partial charge >= 0.3 is 0 Å². The summed E-state index contributed by atoms with van der Waals surface area (Å²) in [5, 5.41) is 5.85. The number of carbonyl (C=O) groups excluding carboxylic acids is 2. The maximum absolute atomic E-state index is 12.6. The van der Waals surface area contributed by atoms with E-state index in [1.165, 1.54) is 11.8 Å². The molecule has 4 rings (SSSR count). The van der Waals surface area contributed by atoms with Crippen LogP contribution in [0.25, 0.3) is 0 Å². The molecule has 0 saturated heterocycles. The number of hydrogen-bond donors (Lipinski definition) is 2. The zero-order chi connectivity index (χ0) is 20.2. The van der Waals surface area contributed by atoms with Crippen molar-refractivity contribution in [2.24, 2.45) is 0 Å². The minimum Gasteiger partial charge on any atom is -0.428 e. The molecule has 5 nitrogen and oxygen atoms in total. The first-order valence-electron chi connectivity index (χ1n) is 9.02. The summed E-state index contributed by atoms with van der Waals surface area (Å²) in [7, 11) is 0. The van der Waals surface area contributed by atoms with Gasteiger partial charge in [0.2, 0.25) is 0 Å². The summed E-state index contributed by atoms with van der Waals surface area (Å²) in [6.07, 6.45) is 0.701. The first-order valence-corrected chi connectivity index (χ1v) is 10.7. The van der Waals surface area contributed by atoms with E-state index in [1.54, 1.807) is 18.2 Å². The van der Waals surface area contributed by atoms with Crippen molar-refractivity contribution >= 4 is 52.3 Å². The van der Waals surface area contributed by atoms with Gasteiger partial charge in [-0.15, -0.1) is 0 Å². The van der Waals surface area contributed by atoms with Gasteiger partial charge in [-0.05, 0) is 54.4 Å². The minimum atomic E-state index is -0.171. The highest BCUT2D eigenvalue weighted by Gasteiger charge is 2.20. The Kier molecular flexibility index (Phi) is 6.05. The molecule has 1 heterocycles. The third-order valence-corrected chi connectivity index (χ3v) is 6.19. The molecule has 2 amide bonds. The topological polar surface area (TPSA) is 67.4 Å². The Morgan fingerprint density at radius 1 is 1.03 bits per heavy atom. The molecule has 0 aromatic heterocycles. The Balaban J connectivity index is 1.44. The number of anilines is 1. The second-order valence-electron chi connectivity index (χ2n) is 6.49. The lowest BCUT2D eigenvalue weighted by molar-refractivity contribution is 0.0952. The quantitative estimate of drug-likeness (QED) is 0.463. The maximum Gasteiger partial charge on any atom is 0.256 e. The van der Waals surface area contributed by atoms with Crippen molar-refractivity contribution in [3.63, 3.8) is 0 Å². The number of benzene rings is 3. The zero-order valence-corrected chi connectivity index (χ0v) is 18.3. The summed E-state index contributed by atoms with van der Waals surface area (Å²) in [4.78, 5) is 26.9. The summed E-state index contributed by atoms with van der Waals surface area (Å²) in [6.45, 7) is 0.507. The molecule has 29 heavy (non-hydrogen) atoms. The molecule has 0 unspecified atom stereocenters. The summed E-state index contributed by atoms with van der Waals surface area (Å²) >= 11 is 3.36. The van der Waals surface area contributed by atoms with Crippen LogP contribution in [0, 0.1) is 0 Å². The molecule has 0 saturated carbocycles. The molecule has 146 valence electrons. The van der Waals surface area contributed by atoms with E-state index in [0.29, 0.717) is 29.8 Å². The SMILES string of the molecule is O=C(NCCc1cccc(OI)c1)c1ccc2c(c1)NC(=O)c1ccccc1S2. The molecule has 1 aliphatic heterocycles. The lowest BCUT2D eigenvalue weighted by atomic mass is 10.1. The van der Waals surface area contributed by atoms with E-state index in [4.69, 9.17) is 3.07 Å². The first-order chi connectivity index (χ1) is 14.1. The van der Waals surface area contributed by atoms with Crippen LogP contribution in [-0.4, -0.2) is 18.4 Å². The molecule has 3 aromatic carbocycles. The summed E-state index contributed by atoms with van der Waals surface area (Å²) in [6, 6.07) is 20.6. The van der Waals surface area contributed by atoms with Crippen LogP contribution in [0.5, 0.6) is 5.75 Å². The maximum atomic E-state index is 12.6. The lowest BCUT2D eigenvalue weighted by Crippen LogP contribution is -2.25.